The predicted molar refractivity (Wildman–Crippen MR) is 61.9 cm³/mol. The van der Waals surface area contributed by atoms with Crippen molar-refractivity contribution in [1.82, 2.24) is 15.5 Å². The van der Waals surface area contributed by atoms with Gasteiger partial charge < -0.3 is 20.6 Å². The quantitative estimate of drug-likeness (QED) is 0.632. The molecule has 100 valence electrons. The number of nitrogens with one attached hydrogen (secondary N) is 2. The van der Waals surface area contributed by atoms with Crippen LogP contribution in [-0.4, -0.2) is 53.1 Å². The highest BCUT2D eigenvalue weighted by atomic mass is 16.4. The largest absolute Gasteiger partial charge is 0.480 e. The van der Waals surface area contributed by atoms with E-state index >= 15 is 0 Å². The number of nitrogens with zero attached hydrogens (tertiary/aromatic N) is 1. The molecule has 0 radical (unpaired) electrons. The second-order valence-corrected chi connectivity index (χ2v) is 4.69. The topological polar surface area (TPSA) is 98.7 Å². The Morgan fingerprint density at radius 1 is 1.39 bits per heavy atom. The Labute approximate surface area is 105 Å². The Morgan fingerprint density at radius 3 is 2.67 bits per heavy atom. The molecule has 1 aliphatic heterocycles. The van der Waals surface area contributed by atoms with Crippen LogP contribution in [0.3, 0.4) is 0 Å². The van der Waals surface area contributed by atoms with Crippen LogP contribution in [0.15, 0.2) is 0 Å². The molecule has 0 spiro atoms. The molecule has 0 aromatic heterocycles. The molecule has 1 saturated heterocycles. The minimum Gasteiger partial charge on any atom is -0.480 e. The number of urea groups is 1. The summed E-state index contributed by atoms with van der Waals surface area (Å²) in [5.74, 6) is -1.23. The van der Waals surface area contributed by atoms with E-state index in [1.165, 1.54) is 4.90 Å². The Bertz CT molecular complexity index is 367. The van der Waals surface area contributed by atoms with Gasteiger partial charge in [0, 0.05) is 12.6 Å². The number of aliphatic carboxylic acids is 1. The smallest absolute Gasteiger partial charge is 0.323 e. The second-order valence-electron chi connectivity index (χ2n) is 4.69. The average Bonchev–Trinajstić information content (AvgIpc) is 3.12. The van der Waals surface area contributed by atoms with Gasteiger partial charge in [-0.3, -0.25) is 9.59 Å². The molecule has 2 rings (SSSR count). The summed E-state index contributed by atoms with van der Waals surface area (Å²) < 4.78 is 0. The van der Waals surface area contributed by atoms with Crippen LogP contribution < -0.4 is 10.6 Å². The Balaban J connectivity index is 1.91. The fourth-order valence-corrected chi connectivity index (χ4v) is 2.04. The second kappa shape index (κ2) is 5.24. The molecule has 1 aliphatic carbocycles. The highest BCUT2D eigenvalue weighted by molar-refractivity contribution is 5.88. The van der Waals surface area contributed by atoms with E-state index in [9.17, 15) is 14.4 Å². The van der Waals surface area contributed by atoms with Gasteiger partial charge in [0.05, 0.1) is 0 Å². The van der Waals surface area contributed by atoms with Crippen molar-refractivity contribution in [2.24, 2.45) is 0 Å². The SMILES string of the molecule is O=C(O)CN(C(=O)NC1CCCNC1=O)C1CC1. The van der Waals surface area contributed by atoms with E-state index in [4.69, 9.17) is 5.11 Å². The Hall–Kier alpha value is -1.79. The van der Waals surface area contributed by atoms with E-state index in [1.807, 2.05) is 0 Å². The number of rotatable bonds is 4. The third-order valence-electron chi connectivity index (χ3n) is 3.14. The molecule has 0 aromatic carbocycles. The van der Waals surface area contributed by atoms with Crippen molar-refractivity contribution in [3.05, 3.63) is 0 Å². The van der Waals surface area contributed by atoms with Gasteiger partial charge >= 0.3 is 12.0 Å². The van der Waals surface area contributed by atoms with Crippen molar-refractivity contribution < 1.29 is 19.5 Å². The molecule has 2 aliphatic rings. The van der Waals surface area contributed by atoms with E-state index in [-0.39, 0.29) is 18.5 Å². The standard InChI is InChI=1S/C11H17N3O4/c15-9(16)6-14(7-3-4-7)11(18)13-8-2-1-5-12-10(8)17/h7-8H,1-6H2,(H,12,17)(H,13,18)(H,15,16). The van der Waals surface area contributed by atoms with Crippen molar-refractivity contribution >= 4 is 17.9 Å². The number of hydrogen-bond donors (Lipinski definition) is 3. The van der Waals surface area contributed by atoms with E-state index in [0.29, 0.717) is 13.0 Å². The van der Waals surface area contributed by atoms with Crippen LogP contribution in [0, 0.1) is 0 Å². The lowest BCUT2D eigenvalue weighted by Gasteiger charge is -2.27. The molecular formula is C11H17N3O4. The Morgan fingerprint density at radius 2 is 2.11 bits per heavy atom. The monoisotopic (exact) mass is 255 g/mol. The molecular weight excluding hydrogens is 238 g/mol. The number of carboxylic acids is 1. The number of carbonyl (C=O) groups excluding carboxylic acids is 2. The minimum absolute atomic E-state index is 0.00718. The first kappa shape index (κ1) is 12.7. The van der Waals surface area contributed by atoms with Gasteiger partial charge in [0.1, 0.15) is 12.6 Å². The third kappa shape index (κ3) is 3.12. The highest BCUT2D eigenvalue weighted by Gasteiger charge is 2.35. The summed E-state index contributed by atoms with van der Waals surface area (Å²) in [6.45, 7) is 0.317. The van der Waals surface area contributed by atoms with E-state index in [0.717, 1.165) is 19.3 Å². The molecule has 1 heterocycles. The lowest BCUT2D eigenvalue weighted by molar-refractivity contribution is -0.137. The van der Waals surface area contributed by atoms with Gasteiger partial charge in [-0.05, 0) is 25.7 Å². The summed E-state index contributed by atoms with van der Waals surface area (Å²) in [6, 6.07) is -0.990. The van der Waals surface area contributed by atoms with E-state index < -0.39 is 18.0 Å². The predicted octanol–water partition coefficient (Wildman–Crippen LogP) is -0.476. The van der Waals surface area contributed by atoms with Crippen LogP contribution in [0.4, 0.5) is 4.79 Å². The van der Waals surface area contributed by atoms with Gasteiger partial charge in [-0.25, -0.2) is 4.79 Å². The molecule has 1 unspecified atom stereocenters. The summed E-state index contributed by atoms with van der Waals surface area (Å²) >= 11 is 0. The van der Waals surface area contributed by atoms with Crippen LogP contribution in [0.2, 0.25) is 0 Å². The van der Waals surface area contributed by atoms with Crippen LogP contribution in [0.5, 0.6) is 0 Å². The Kier molecular flexibility index (Phi) is 3.69. The highest BCUT2D eigenvalue weighted by Crippen LogP contribution is 2.26. The van der Waals surface area contributed by atoms with Crippen LogP contribution in [0.1, 0.15) is 25.7 Å². The molecule has 7 heteroatoms. The summed E-state index contributed by atoms with van der Waals surface area (Å²) in [6.07, 6.45) is 3.08. The molecule has 2 fully saturated rings. The zero-order valence-corrected chi connectivity index (χ0v) is 10.0. The fourth-order valence-electron chi connectivity index (χ4n) is 2.04. The summed E-state index contributed by atoms with van der Waals surface area (Å²) in [5.41, 5.74) is 0. The van der Waals surface area contributed by atoms with Gasteiger partial charge in [0.2, 0.25) is 5.91 Å². The van der Waals surface area contributed by atoms with Crippen molar-refractivity contribution in [2.45, 2.75) is 37.8 Å². The normalized spacial score (nSPS) is 23.1. The van der Waals surface area contributed by atoms with Crippen molar-refractivity contribution in [1.29, 1.82) is 0 Å². The number of carboxylic acid groups (broad SMARTS) is 1. The van der Waals surface area contributed by atoms with Gasteiger partial charge in [-0.15, -0.1) is 0 Å². The van der Waals surface area contributed by atoms with Crippen molar-refractivity contribution in [3.63, 3.8) is 0 Å². The van der Waals surface area contributed by atoms with Gasteiger partial charge in [-0.2, -0.15) is 0 Å². The van der Waals surface area contributed by atoms with Gasteiger partial charge in [0.25, 0.3) is 0 Å². The zero-order valence-electron chi connectivity index (χ0n) is 10.0. The molecule has 3 N–H and O–H groups in total. The number of amides is 3. The molecule has 1 atom stereocenters. The van der Waals surface area contributed by atoms with Gasteiger partial charge in [0.15, 0.2) is 0 Å². The molecule has 0 aromatic rings. The molecule has 7 nitrogen and oxygen atoms in total. The van der Waals surface area contributed by atoms with Crippen LogP contribution in [0.25, 0.3) is 0 Å². The minimum atomic E-state index is -1.04. The third-order valence-corrected chi connectivity index (χ3v) is 3.14. The number of piperidine rings is 1. The molecule has 0 bridgehead atoms. The first-order valence-corrected chi connectivity index (χ1v) is 6.14. The fraction of sp³-hybridized carbons (Fsp3) is 0.727. The van der Waals surface area contributed by atoms with E-state index in [2.05, 4.69) is 10.6 Å². The van der Waals surface area contributed by atoms with Gasteiger partial charge in [-0.1, -0.05) is 0 Å². The van der Waals surface area contributed by atoms with E-state index in [1.54, 1.807) is 0 Å². The number of hydrogen-bond acceptors (Lipinski definition) is 3. The molecule has 3 amide bonds. The molecule has 1 saturated carbocycles. The van der Waals surface area contributed by atoms with Crippen molar-refractivity contribution in [2.75, 3.05) is 13.1 Å². The van der Waals surface area contributed by atoms with Crippen LogP contribution >= 0.6 is 0 Å². The van der Waals surface area contributed by atoms with Crippen LogP contribution in [-0.2, 0) is 9.59 Å². The maximum atomic E-state index is 11.9. The average molecular weight is 255 g/mol. The van der Waals surface area contributed by atoms with Crippen molar-refractivity contribution in [3.8, 4) is 0 Å². The first-order chi connectivity index (χ1) is 8.58. The number of carbonyl (C=O) groups is 3. The first-order valence-electron chi connectivity index (χ1n) is 6.14. The summed E-state index contributed by atoms with van der Waals surface area (Å²) in [5, 5.41) is 14.0. The lowest BCUT2D eigenvalue weighted by atomic mass is 10.1. The zero-order chi connectivity index (χ0) is 13.1. The maximum Gasteiger partial charge on any atom is 0.323 e. The summed E-state index contributed by atoms with van der Waals surface area (Å²) in [7, 11) is 0. The summed E-state index contributed by atoms with van der Waals surface area (Å²) in [4.78, 5) is 35.4. The maximum absolute atomic E-state index is 11.9. The lowest BCUT2D eigenvalue weighted by Crippen LogP contribution is -2.54. The molecule has 18 heavy (non-hydrogen) atoms.